The van der Waals surface area contributed by atoms with Gasteiger partial charge in [0.05, 0.1) is 6.21 Å². The van der Waals surface area contributed by atoms with Crippen molar-refractivity contribution in [1.29, 1.82) is 0 Å². The van der Waals surface area contributed by atoms with E-state index in [9.17, 15) is 0 Å². The molecule has 0 radical (unpaired) electrons. The zero-order valence-corrected chi connectivity index (χ0v) is 7.78. The highest BCUT2D eigenvalue weighted by Gasteiger charge is 1.94. The maximum Gasteiger partial charge on any atom is 0.211 e. The molecule has 0 bridgehead atoms. The van der Waals surface area contributed by atoms with Crippen molar-refractivity contribution in [2.24, 2.45) is 26.8 Å². The number of nitrogens with two attached hydrogens (primary N) is 2. The second kappa shape index (κ2) is 5.25. The van der Waals surface area contributed by atoms with Gasteiger partial charge in [-0.1, -0.05) is 29.4 Å². The fourth-order valence-electron chi connectivity index (χ4n) is 0.894. The monoisotopic (exact) mass is 203 g/mol. The molecule has 0 unspecified atom stereocenters. The molecule has 0 aromatic heterocycles. The van der Waals surface area contributed by atoms with Gasteiger partial charge in [-0.05, 0) is 5.53 Å². The molecule has 0 amide bonds. The van der Waals surface area contributed by atoms with E-state index in [1.54, 1.807) is 24.3 Å². The molecule has 0 heterocycles. The third-order valence-electron chi connectivity index (χ3n) is 1.46. The molecule has 0 aliphatic heterocycles. The summed E-state index contributed by atoms with van der Waals surface area (Å²) in [5.74, 6) is -0.132. The summed E-state index contributed by atoms with van der Waals surface area (Å²) in [6.45, 7) is 0. The summed E-state index contributed by atoms with van der Waals surface area (Å²) in [7, 11) is 0. The highest BCUT2D eigenvalue weighted by molar-refractivity contribution is 5.87. The van der Waals surface area contributed by atoms with E-state index >= 15 is 0 Å². The number of guanidine groups is 1. The number of hydrogen-bond donors (Lipinski definition) is 2. The Bertz CT molecular complexity index is 438. The minimum atomic E-state index is -0.132. The van der Waals surface area contributed by atoms with Gasteiger partial charge in [0.15, 0.2) is 0 Å². The Labute approximate surface area is 85.7 Å². The number of hydrogen-bond acceptors (Lipinski definition) is 3. The molecule has 0 saturated carbocycles. The fraction of sp³-hybridized carbons (Fsp3) is 0. The summed E-state index contributed by atoms with van der Waals surface area (Å²) in [5, 5.41) is 10.5. The van der Waals surface area contributed by atoms with Gasteiger partial charge in [0.2, 0.25) is 5.96 Å². The Morgan fingerprint density at radius 1 is 1.33 bits per heavy atom. The van der Waals surface area contributed by atoms with Crippen molar-refractivity contribution in [3.63, 3.8) is 0 Å². The van der Waals surface area contributed by atoms with Crippen LogP contribution in [-0.2, 0) is 0 Å². The van der Waals surface area contributed by atoms with Crippen molar-refractivity contribution in [1.82, 2.24) is 0 Å². The summed E-state index contributed by atoms with van der Waals surface area (Å²) < 4.78 is 0. The van der Waals surface area contributed by atoms with Gasteiger partial charge in [-0.3, -0.25) is 0 Å². The average Bonchev–Trinajstić information content (AvgIpc) is 2.20. The number of nitrogens with zero attached hydrogens (tertiary/aromatic N) is 5. The lowest BCUT2D eigenvalue weighted by molar-refractivity contribution is 1.21. The van der Waals surface area contributed by atoms with Crippen LogP contribution in [0.2, 0.25) is 0 Å². The van der Waals surface area contributed by atoms with Crippen molar-refractivity contribution in [3.05, 3.63) is 40.3 Å². The van der Waals surface area contributed by atoms with Crippen molar-refractivity contribution < 1.29 is 0 Å². The summed E-state index contributed by atoms with van der Waals surface area (Å²) >= 11 is 0. The number of rotatable bonds is 3. The van der Waals surface area contributed by atoms with Crippen LogP contribution >= 0.6 is 0 Å². The van der Waals surface area contributed by atoms with Gasteiger partial charge in [-0.25, -0.2) is 0 Å². The van der Waals surface area contributed by atoms with Crippen LogP contribution in [0.1, 0.15) is 5.56 Å². The van der Waals surface area contributed by atoms with E-state index in [0.717, 1.165) is 0 Å². The molecular formula is C8H9N7. The molecule has 0 saturated heterocycles. The maximum absolute atomic E-state index is 8.30. The average molecular weight is 203 g/mol. The summed E-state index contributed by atoms with van der Waals surface area (Å²) in [4.78, 5) is 2.69. The molecule has 0 aliphatic carbocycles. The van der Waals surface area contributed by atoms with E-state index in [1.807, 2.05) is 0 Å². The molecule has 0 aliphatic rings. The van der Waals surface area contributed by atoms with Crippen LogP contribution in [0, 0.1) is 0 Å². The smallest absolute Gasteiger partial charge is 0.211 e. The SMILES string of the molecule is [N-]=[N+]=Nc1ccccc1C=NN=C(N)N. The molecule has 76 valence electrons. The zero-order valence-electron chi connectivity index (χ0n) is 7.78. The molecule has 7 nitrogen and oxygen atoms in total. The summed E-state index contributed by atoms with van der Waals surface area (Å²) in [5.41, 5.74) is 19.6. The van der Waals surface area contributed by atoms with E-state index in [0.29, 0.717) is 11.3 Å². The van der Waals surface area contributed by atoms with Crippen LogP contribution < -0.4 is 11.5 Å². The molecule has 0 spiro atoms. The van der Waals surface area contributed by atoms with Crippen molar-refractivity contribution in [2.75, 3.05) is 0 Å². The molecule has 1 rings (SSSR count). The molecular weight excluding hydrogens is 194 g/mol. The molecule has 7 heteroatoms. The Morgan fingerprint density at radius 3 is 2.73 bits per heavy atom. The predicted molar refractivity (Wildman–Crippen MR) is 58.7 cm³/mol. The first-order chi connectivity index (χ1) is 7.24. The fourth-order valence-corrected chi connectivity index (χ4v) is 0.894. The van der Waals surface area contributed by atoms with Crippen LogP contribution in [0.3, 0.4) is 0 Å². The molecule has 0 fully saturated rings. The van der Waals surface area contributed by atoms with E-state index in [1.165, 1.54) is 6.21 Å². The van der Waals surface area contributed by atoms with Crippen LogP contribution in [0.4, 0.5) is 5.69 Å². The normalized spacial score (nSPS) is 9.60. The highest BCUT2D eigenvalue weighted by atomic mass is 15.3. The molecule has 4 N–H and O–H groups in total. The predicted octanol–water partition coefficient (Wildman–Crippen LogP) is 1.24. The van der Waals surface area contributed by atoms with E-state index < -0.39 is 0 Å². The van der Waals surface area contributed by atoms with Gasteiger partial charge in [0.25, 0.3) is 0 Å². The quantitative estimate of drug-likeness (QED) is 0.191. The molecule has 15 heavy (non-hydrogen) atoms. The Morgan fingerprint density at radius 2 is 2.07 bits per heavy atom. The third kappa shape index (κ3) is 3.37. The first kappa shape index (κ1) is 10.6. The first-order valence-corrected chi connectivity index (χ1v) is 4.00. The summed E-state index contributed by atoms with van der Waals surface area (Å²) in [6.07, 6.45) is 1.41. The first-order valence-electron chi connectivity index (χ1n) is 4.00. The standard InChI is InChI=1S/C8H9N7/c9-8(10)14-12-5-6-3-1-2-4-7(6)13-15-11/h1-5H,(H4,9,10,14). The second-order valence-corrected chi connectivity index (χ2v) is 2.52. The Hall–Kier alpha value is -2.53. The highest BCUT2D eigenvalue weighted by Crippen LogP contribution is 2.16. The lowest BCUT2D eigenvalue weighted by Crippen LogP contribution is -2.21. The van der Waals surface area contributed by atoms with E-state index in [4.69, 9.17) is 17.0 Å². The minimum absolute atomic E-state index is 0.132. The van der Waals surface area contributed by atoms with Gasteiger partial charge in [-0.2, -0.15) is 5.10 Å². The number of azide groups is 1. The van der Waals surface area contributed by atoms with Crippen LogP contribution in [0.5, 0.6) is 0 Å². The van der Waals surface area contributed by atoms with Crippen LogP contribution in [-0.4, -0.2) is 12.2 Å². The summed E-state index contributed by atoms with van der Waals surface area (Å²) in [6, 6.07) is 6.93. The molecule has 1 aromatic carbocycles. The molecule has 0 atom stereocenters. The lowest BCUT2D eigenvalue weighted by Gasteiger charge is -1.95. The van der Waals surface area contributed by atoms with Gasteiger partial charge in [0.1, 0.15) is 0 Å². The minimum Gasteiger partial charge on any atom is -0.369 e. The third-order valence-corrected chi connectivity index (χ3v) is 1.46. The maximum atomic E-state index is 8.30. The van der Waals surface area contributed by atoms with Crippen LogP contribution in [0.25, 0.3) is 10.4 Å². The van der Waals surface area contributed by atoms with Crippen molar-refractivity contribution in [2.45, 2.75) is 0 Å². The molecule has 1 aromatic rings. The topological polar surface area (TPSA) is 126 Å². The van der Waals surface area contributed by atoms with Gasteiger partial charge in [0, 0.05) is 16.2 Å². The van der Waals surface area contributed by atoms with Gasteiger partial charge >= 0.3 is 0 Å². The largest absolute Gasteiger partial charge is 0.369 e. The van der Waals surface area contributed by atoms with Crippen LogP contribution in [0.15, 0.2) is 39.6 Å². The van der Waals surface area contributed by atoms with Crippen molar-refractivity contribution in [3.8, 4) is 0 Å². The Balaban J connectivity index is 2.98. The van der Waals surface area contributed by atoms with Crippen molar-refractivity contribution >= 4 is 17.9 Å². The van der Waals surface area contributed by atoms with Gasteiger partial charge < -0.3 is 11.5 Å². The van der Waals surface area contributed by atoms with E-state index in [2.05, 4.69) is 20.2 Å². The zero-order chi connectivity index (χ0) is 11.1. The number of benzene rings is 1. The lowest BCUT2D eigenvalue weighted by atomic mass is 10.2. The Kier molecular flexibility index (Phi) is 3.70. The van der Waals surface area contributed by atoms with E-state index in [-0.39, 0.29) is 5.96 Å². The van der Waals surface area contributed by atoms with Gasteiger partial charge in [-0.15, -0.1) is 5.10 Å². The second-order valence-electron chi connectivity index (χ2n) is 2.52.